The molecule has 7 nitrogen and oxygen atoms in total. The second-order valence-corrected chi connectivity index (χ2v) is 8.32. The van der Waals surface area contributed by atoms with Crippen LogP contribution in [0, 0.1) is 13.8 Å². The molecule has 0 spiro atoms. The lowest BCUT2D eigenvalue weighted by molar-refractivity contribution is 0.0140. The van der Waals surface area contributed by atoms with Crippen LogP contribution in [0.3, 0.4) is 0 Å². The second kappa shape index (κ2) is 7.30. The molecule has 0 unspecified atom stereocenters. The minimum atomic E-state index is -0.557. The van der Waals surface area contributed by atoms with Crippen molar-refractivity contribution in [3.05, 3.63) is 45.2 Å². The van der Waals surface area contributed by atoms with E-state index in [1.165, 1.54) is 0 Å². The first-order valence-electron chi connectivity index (χ1n) is 9.46. The lowest BCUT2D eigenvalue weighted by atomic mass is 10.0. The average molecular weight is 385 g/mol. The Labute approximate surface area is 164 Å². The third-order valence-corrected chi connectivity index (χ3v) is 4.74. The van der Waals surface area contributed by atoms with Gasteiger partial charge in [-0.15, -0.1) is 0 Å². The molecular weight excluding hydrogens is 358 g/mol. The number of rotatable bonds is 1. The maximum Gasteiger partial charge on any atom is 0.410 e. The monoisotopic (exact) mass is 385 g/mol. The van der Waals surface area contributed by atoms with Gasteiger partial charge in [0.15, 0.2) is 0 Å². The Morgan fingerprint density at radius 2 is 1.61 bits per heavy atom. The summed E-state index contributed by atoms with van der Waals surface area (Å²) in [7, 11) is 0. The molecule has 1 aromatic heterocycles. The number of carbonyl (C=O) groups is 2. The van der Waals surface area contributed by atoms with Crippen LogP contribution in [0.25, 0.3) is 10.9 Å². The number of hydrogen-bond acceptors (Lipinski definition) is 4. The van der Waals surface area contributed by atoms with Gasteiger partial charge in [0.1, 0.15) is 11.2 Å². The van der Waals surface area contributed by atoms with Gasteiger partial charge in [-0.25, -0.2) is 4.79 Å². The third kappa shape index (κ3) is 4.18. The maximum absolute atomic E-state index is 12.9. The van der Waals surface area contributed by atoms with E-state index in [1.807, 2.05) is 46.8 Å². The number of aryl methyl sites for hydroxylation is 2. The first-order chi connectivity index (χ1) is 13.0. The van der Waals surface area contributed by atoms with Gasteiger partial charge >= 0.3 is 6.09 Å². The van der Waals surface area contributed by atoms with Gasteiger partial charge in [0.2, 0.25) is 0 Å². The number of aromatic nitrogens is 1. The van der Waals surface area contributed by atoms with Crippen molar-refractivity contribution < 1.29 is 14.3 Å². The Morgan fingerprint density at radius 1 is 1.00 bits per heavy atom. The van der Waals surface area contributed by atoms with Crippen molar-refractivity contribution >= 4 is 22.9 Å². The molecule has 1 aromatic carbocycles. The SMILES string of the molecule is Cc1cc(C)c2[nH]c(=O)c(C(=O)N3CCN(C(=O)OC(C)(C)C)CC3)cc2c1. The van der Waals surface area contributed by atoms with Crippen LogP contribution in [-0.4, -0.2) is 58.6 Å². The first-order valence-corrected chi connectivity index (χ1v) is 9.46. The van der Waals surface area contributed by atoms with Crippen LogP contribution in [0.1, 0.15) is 42.3 Å². The van der Waals surface area contributed by atoms with Crippen LogP contribution in [-0.2, 0) is 4.74 Å². The number of pyridine rings is 1. The summed E-state index contributed by atoms with van der Waals surface area (Å²) in [5.41, 5.74) is 1.97. The topological polar surface area (TPSA) is 82.7 Å². The molecule has 0 atom stereocenters. The molecule has 1 aliphatic rings. The van der Waals surface area contributed by atoms with Crippen molar-refractivity contribution in [2.75, 3.05) is 26.2 Å². The van der Waals surface area contributed by atoms with E-state index in [0.717, 1.165) is 22.0 Å². The largest absolute Gasteiger partial charge is 0.444 e. The summed E-state index contributed by atoms with van der Waals surface area (Å²) in [6.45, 7) is 10.9. The van der Waals surface area contributed by atoms with Gasteiger partial charge < -0.3 is 19.5 Å². The summed E-state index contributed by atoms with van der Waals surface area (Å²) in [5.74, 6) is -0.314. The zero-order valence-corrected chi connectivity index (χ0v) is 17.1. The Kier molecular flexibility index (Phi) is 5.19. The number of fused-ring (bicyclic) bond motifs is 1. The predicted molar refractivity (Wildman–Crippen MR) is 108 cm³/mol. The molecule has 28 heavy (non-hydrogen) atoms. The fraction of sp³-hybridized carbons (Fsp3) is 0.476. The number of carbonyl (C=O) groups excluding carboxylic acids is 2. The number of nitrogens with one attached hydrogen (secondary N) is 1. The second-order valence-electron chi connectivity index (χ2n) is 8.32. The van der Waals surface area contributed by atoms with E-state index < -0.39 is 5.60 Å². The number of benzene rings is 1. The highest BCUT2D eigenvalue weighted by atomic mass is 16.6. The molecular formula is C21H27N3O4. The summed E-state index contributed by atoms with van der Waals surface area (Å²) in [4.78, 5) is 43.6. The average Bonchev–Trinajstić information content (AvgIpc) is 2.60. The quantitative estimate of drug-likeness (QED) is 0.818. The molecule has 1 aliphatic heterocycles. The molecule has 150 valence electrons. The van der Waals surface area contributed by atoms with Gasteiger partial charge in [0.25, 0.3) is 11.5 Å². The van der Waals surface area contributed by atoms with Gasteiger partial charge in [-0.2, -0.15) is 0 Å². The maximum atomic E-state index is 12.9. The molecule has 1 N–H and O–H groups in total. The van der Waals surface area contributed by atoms with Crippen LogP contribution in [0.2, 0.25) is 0 Å². The van der Waals surface area contributed by atoms with Crippen molar-refractivity contribution in [3.63, 3.8) is 0 Å². The van der Waals surface area contributed by atoms with E-state index >= 15 is 0 Å². The first kappa shape index (κ1) is 19.9. The van der Waals surface area contributed by atoms with Crippen molar-refractivity contribution in [1.29, 1.82) is 0 Å². The van der Waals surface area contributed by atoms with E-state index in [-0.39, 0.29) is 23.1 Å². The zero-order valence-electron chi connectivity index (χ0n) is 17.1. The molecule has 7 heteroatoms. The highest BCUT2D eigenvalue weighted by molar-refractivity contribution is 5.97. The Morgan fingerprint density at radius 3 is 2.21 bits per heavy atom. The van der Waals surface area contributed by atoms with Gasteiger partial charge in [-0.3, -0.25) is 9.59 Å². The summed E-state index contributed by atoms with van der Waals surface area (Å²) in [6, 6.07) is 5.61. The molecule has 0 bridgehead atoms. The van der Waals surface area contributed by atoms with Crippen molar-refractivity contribution in [2.45, 2.75) is 40.2 Å². The van der Waals surface area contributed by atoms with Crippen LogP contribution in [0.15, 0.2) is 23.0 Å². The van der Waals surface area contributed by atoms with Gasteiger partial charge in [0.05, 0.1) is 5.52 Å². The minimum Gasteiger partial charge on any atom is -0.444 e. The molecule has 0 aliphatic carbocycles. The number of piperazine rings is 1. The van der Waals surface area contributed by atoms with Gasteiger partial charge in [-0.05, 0) is 57.7 Å². The molecule has 0 radical (unpaired) electrons. The fourth-order valence-corrected chi connectivity index (χ4v) is 3.43. The minimum absolute atomic E-state index is 0.128. The fourth-order valence-electron chi connectivity index (χ4n) is 3.43. The van der Waals surface area contributed by atoms with Crippen LogP contribution in [0.5, 0.6) is 0 Å². The third-order valence-electron chi connectivity index (χ3n) is 4.74. The number of amides is 2. The standard InChI is InChI=1S/C21H27N3O4/c1-13-10-14(2)17-15(11-13)12-16(18(25)22-17)19(26)23-6-8-24(9-7-23)20(27)28-21(3,4)5/h10-12H,6-9H2,1-5H3,(H,22,25). The number of aromatic amines is 1. The van der Waals surface area contributed by atoms with Crippen LogP contribution >= 0.6 is 0 Å². The number of hydrogen-bond donors (Lipinski definition) is 1. The molecule has 1 fully saturated rings. The van der Waals surface area contributed by atoms with Gasteiger partial charge in [0, 0.05) is 26.2 Å². The predicted octanol–water partition coefficient (Wildman–Crippen LogP) is 2.84. The van der Waals surface area contributed by atoms with E-state index in [2.05, 4.69) is 4.98 Å². The van der Waals surface area contributed by atoms with Crippen molar-refractivity contribution in [3.8, 4) is 0 Å². The molecule has 2 aromatic rings. The molecule has 1 saturated heterocycles. The summed E-state index contributed by atoms with van der Waals surface area (Å²) < 4.78 is 5.38. The highest BCUT2D eigenvalue weighted by Crippen LogP contribution is 2.19. The Hall–Kier alpha value is -2.83. The summed E-state index contributed by atoms with van der Waals surface area (Å²) in [6.07, 6.45) is -0.380. The van der Waals surface area contributed by atoms with E-state index in [4.69, 9.17) is 4.74 Å². The molecule has 2 heterocycles. The van der Waals surface area contributed by atoms with Gasteiger partial charge in [-0.1, -0.05) is 11.6 Å². The number of H-pyrrole nitrogens is 1. The highest BCUT2D eigenvalue weighted by Gasteiger charge is 2.29. The number of nitrogens with zero attached hydrogens (tertiary/aromatic N) is 2. The summed E-state index contributed by atoms with van der Waals surface area (Å²) >= 11 is 0. The summed E-state index contributed by atoms with van der Waals surface area (Å²) in [5, 5.41) is 0.841. The molecule has 3 rings (SSSR count). The normalized spacial score (nSPS) is 15.0. The lowest BCUT2D eigenvalue weighted by Gasteiger charge is -2.35. The van der Waals surface area contributed by atoms with E-state index in [0.29, 0.717) is 26.2 Å². The van der Waals surface area contributed by atoms with Crippen LogP contribution in [0.4, 0.5) is 4.79 Å². The lowest BCUT2D eigenvalue weighted by Crippen LogP contribution is -2.52. The Balaban J connectivity index is 1.76. The molecule has 2 amide bonds. The van der Waals surface area contributed by atoms with Crippen molar-refractivity contribution in [2.24, 2.45) is 0 Å². The number of ether oxygens (including phenoxy) is 1. The Bertz CT molecular complexity index is 980. The van der Waals surface area contributed by atoms with Crippen molar-refractivity contribution in [1.82, 2.24) is 14.8 Å². The van der Waals surface area contributed by atoms with Crippen LogP contribution < -0.4 is 5.56 Å². The molecule has 0 saturated carbocycles. The smallest absolute Gasteiger partial charge is 0.410 e. The van der Waals surface area contributed by atoms with E-state index in [9.17, 15) is 14.4 Å². The van der Waals surface area contributed by atoms with E-state index in [1.54, 1.807) is 15.9 Å². The zero-order chi connectivity index (χ0) is 20.6.